The third-order valence-corrected chi connectivity index (χ3v) is 3.09. The number of nitrogens with one attached hydrogen (secondary N) is 1. The van der Waals surface area contributed by atoms with Gasteiger partial charge in [0.15, 0.2) is 5.78 Å². The van der Waals surface area contributed by atoms with Crippen molar-refractivity contribution in [3.63, 3.8) is 0 Å². The van der Waals surface area contributed by atoms with Gasteiger partial charge < -0.3 is 5.32 Å². The zero-order valence-electron chi connectivity index (χ0n) is 12.8. The highest BCUT2D eigenvalue weighted by Crippen LogP contribution is 1.96. The van der Waals surface area contributed by atoms with E-state index in [4.69, 9.17) is 0 Å². The van der Waals surface area contributed by atoms with E-state index in [1.807, 2.05) is 13.8 Å². The molecule has 0 saturated heterocycles. The summed E-state index contributed by atoms with van der Waals surface area (Å²) in [5.74, 6) is -0.301. The van der Waals surface area contributed by atoms with Gasteiger partial charge >= 0.3 is 5.69 Å². The second-order valence-corrected chi connectivity index (χ2v) is 5.41. The molecule has 0 unspecified atom stereocenters. The van der Waals surface area contributed by atoms with Crippen molar-refractivity contribution in [1.29, 1.82) is 0 Å². The van der Waals surface area contributed by atoms with Gasteiger partial charge in [-0.3, -0.25) is 23.5 Å². The first-order valence-electron chi connectivity index (χ1n) is 6.82. The summed E-state index contributed by atoms with van der Waals surface area (Å²) < 4.78 is 1.90. The number of ketones is 1. The Bertz CT molecular complexity index is 655. The number of carbonyl (C=O) groups excluding carboxylic acids is 2. The van der Waals surface area contributed by atoms with Gasteiger partial charge in [0.05, 0.1) is 5.56 Å². The van der Waals surface area contributed by atoms with Gasteiger partial charge in [-0.2, -0.15) is 0 Å². The van der Waals surface area contributed by atoms with Crippen molar-refractivity contribution in [3.05, 3.63) is 32.6 Å². The van der Waals surface area contributed by atoms with Gasteiger partial charge in [0.25, 0.3) is 5.56 Å². The third kappa shape index (κ3) is 4.40. The molecule has 1 N–H and O–H groups in total. The summed E-state index contributed by atoms with van der Waals surface area (Å²) in [6.45, 7) is 5.64. The SMILES string of the molecule is CC(=O)c1cn(CC(=O)NCCC(C)C)c(=O)n(C)c1=O. The fraction of sp³-hybridized carbons (Fsp3) is 0.571. The summed E-state index contributed by atoms with van der Waals surface area (Å²) >= 11 is 0. The molecular weight excluding hydrogens is 274 g/mol. The smallest absolute Gasteiger partial charge is 0.331 e. The zero-order chi connectivity index (χ0) is 16.2. The average Bonchev–Trinajstić information content (AvgIpc) is 2.38. The molecule has 1 aromatic heterocycles. The van der Waals surface area contributed by atoms with Crippen LogP contribution in [0.5, 0.6) is 0 Å². The Morgan fingerprint density at radius 2 is 1.90 bits per heavy atom. The van der Waals surface area contributed by atoms with E-state index in [9.17, 15) is 19.2 Å². The van der Waals surface area contributed by atoms with E-state index in [0.29, 0.717) is 12.5 Å². The predicted molar refractivity (Wildman–Crippen MR) is 78.4 cm³/mol. The van der Waals surface area contributed by atoms with Crippen molar-refractivity contribution < 1.29 is 9.59 Å². The van der Waals surface area contributed by atoms with Crippen LogP contribution in [0.25, 0.3) is 0 Å². The molecule has 0 radical (unpaired) electrons. The van der Waals surface area contributed by atoms with Crippen LogP contribution < -0.4 is 16.6 Å². The number of nitrogens with zero attached hydrogens (tertiary/aromatic N) is 2. The monoisotopic (exact) mass is 295 g/mol. The number of carbonyl (C=O) groups is 2. The highest BCUT2D eigenvalue weighted by atomic mass is 16.2. The second kappa shape index (κ2) is 7.01. The summed E-state index contributed by atoms with van der Waals surface area (Å²) in [6.07, 6.45) is 1.99. The molecule has 0 aromatic carbocycles. The molecule has 116 valence electrons. The summed E-state index contributed by atoms with van der Waals surface area (Å²) in [5.41, 5.74) is -1.37. The van der Waals surface area contributed by atoms with E-state index in [1.54, 1.807) is 0 Å². The summed E-state index contributed by atoms with van der Waals surface area (Å²) in [4.78, 5) is 46.8. The van der Waals surface area contributed by atoms with Gasteiger partial charge in [-0.05, 0) is 19.3 Å². The largest absolute Gasteiger partial charge is 0.355 e. The maximum Gasteiger partial charge on any atom is 0.331 e. The van der Waals surface area contributed by atoms with Gasteiger partial charge in [0.2, 0.25) is 5.91 Å². The fourth-order valence-electron chi connectivity index (χ4n) is 1.79. The molecule has 0 spiro atoms. The summed E-state index contributed by atoms with van der Waals surface area (Å²) in [7, 11) is 1.28. The van der Waals surface area contributed by atoms with Gasteiger partial charge in [0.1, 0.15) is 6.54 Å². The van der Waals surface area contributed by atoms with Crippen LogP contribution in [0.1, 0.15) is 37.6 Å². The molecular formula is C14H21N3O4. The summed E-state index contributed by atoms with van der Waals surface area (Å²) in [5, 5.41) is 2.70. The van der Waals surface area contributed by atoms with Crippen molar-refractivity contribution in [3.8, 4) is 0 Å². The third-order valence-electron chi connectivity index (χ3n) is 3.09. The highest BCUT2D eigenvalue weighted by Gasteiger charge is 2.14. The van der Waals surface area contributed by atoms with Crippen LogP contribution in [0.2, 0.25) is 0 Å². The van der Waals surface area contributed by atoms with Crippen LogP contribution in [0.4, 0.5) is 0 Å². The van der Waals surface area contributed by atoms with Gasteiger partial charge in [-0.25, -0.2) is 4.79 Å². The van der Waals surface area contributed by atoms with E-state index in [1.165, 1.54) is 14.0 Å². The van der Waals surface area contributed by atoms with Crippen LogP contribution in [0, 0.1) is 5.92 Å². The van der Waals surface area contributed by atoms with Crippen molar-refractivity contribution in [1.82, 2.24) is 14.5 Å². The topological polar surface area (TPSA) is 90.2 Å². The van der Waals surface area contributed by atoms with Crippen molar-refractivity contribution in [2.45, 2.75) is 33.7 Å². The second-order valence-electron chi connectivity index (χ2n) is 5.41. The standard InChI is InChI=1S/C14H21N3O4/c1-9(2)5-6-15-12(19)8-17-7-11(10(3)18)13(20)16(4)14(17)21/h7,9H,5-6,8H2,1-4H3,(H,15,19). The number of hydrogen-bond acceptors (Lipinski definition) is 4. The molecule has 7 heteroatoms. The minimum absolute atomic E-state index is 0.105. The number of Topliss-reactive ketones (excluding diaryl/α,β-unsaturated/α-hetero) is 1. The lowest BCUT2D eigenvalue weighted by molar-refractivity contribution is -0.121. The number of amides is 1. The zero-order valence-corrected chi connectivity index (χ0v) is 12.8. The van der Waals surface area contributed by atoms with E-state index < -0.39 is 17.0 Å². The molecule has 21 heavy (non-hydrogen) atoms. The Hall–Kier alpha value is -2.18. The molecule has 1 rings (SSSR count). The van der Waals surface area contributed by atoms with Crippen LogP contribution in [0.15, 0.2) is 15.8 Å². The molecule has 1 amide bonds. The molecule has 0 atom stereocenters. The van der Waals surface area contributed by atoms with Crippen molar-refractivity contribution >= 4 is 11.7 Å². The maximum absolute atomic E-state index is 11.9. The van der Waals surface area contributed by atoms with Crippen molar-refractivity contribution in [2.24, 2.45) is 13.0 Å². The first-order chi connectivity index (χ1) is 9.73. The Labute approximate surface area is 122 Å². The van der Waals surface area contributed by atoms with Crippen LogP contribution >= 0.6 is 0 Å². The lowest BCUT2D eigenvalue weighted by atomic mass is 10.1. The summed E-state index contributed by atoms with van der Waals surface area (Å²) in [6, 6.07) is 0. The predicted octanol–water partition coefficient (Wildman–Crippen LogP) is -0.0881. The van der Waals surface area contributed by atoms with Crippen LogP contribution in [-0.2, 0) is 18.4 Å². The number of hydrogen-bond donors (Lipinski definition) is 1. The molecule has 0 aliphatic heterocycles. The van der Waals surface area contributed by atoms with E-state index in [2.05, 4.69) is 5.32 Å². The highest BCUT2D eigenvalue weighted by molar-refractivity contribution is 5.93. The quantitative estimate of drug-likeness (QED) is 0.743. The molecule has 1 aromatic rings. The normalized spacial score (nSPS) is 10.7. The Morgan fingerprint density at radius 1 is 1.29 bits per heavy atom. The number of aromatic nitrogens is 2. The Balaban J connectivity index is 2.94. The van der Waals surface area contributed by atoms with Crippen LogP contribution in [-0.4, -0.2) is 27.4 Å². The Morgan fingerprint density at radius 3 is 2.43 bits per heavy atom. The minimum Gasteiger partial charge on any atom is -0.355 e. The molecule has 1 heterocycles. The molecule has 7 nitrogen and oxygen atoms in total. The number of rotatable bonds is 6. The molecule has 0 aliphatic rings. The molecule has 0 bridgehead atoms. The minimum atomic E-state index is -0.649. The average molecular weight is 295 g/mol. The Kier molecular flexibility index (Phi) is 5.63. The van der Waals surface area contributed by atoms with E-state index >= 15 is 0 Å². The first-order valence-corrected chi connectivity index (χ1v) is 6.82. The van der Waals surface area contributed by atoms with Crippen LogP contribution in [0.3, 0.4) is 0 Å². The van der Waals surface area contributed by atoms with Gasteiger partial charge in [-0.1, -0.05) is 13.8 Å². The van der Waals surface area contributed by atoms with E-state index in [0.717, 1.165) is 21.8 Å². The van der Waals surface area contributed by atoms with Crippen molar-refractivity contribution in [2.75, 3.05) is 6.54 Å². The first kappa shape index (κ1) is 16.9. The molecule has 0 fully saturated rings. The lowest BCUT2D eigenvalue weighted by Crippen LogP contribution is -2.42. The van der Waals surface area contributed by atoms with E-state index in [-0.39, 0.29) is 18.0 Å². The molecule has 0 aliphatic carbocycles. The molecule has 0 saturated carbocycles. The van der Waals surface area contributed by atoms with Gasteiger partial charge in [0, 0.05) is 19.8 Å². The maximum atomic E-state index is 11.9. The lowest BCUT2D eigenvalue weighted by Gasteiger charge is -2.10. The fourth-order valence-corrected chi connectivity index (χ4v) is 1.79. The van der Waals surface area contributed by atoms with Gasteiger partial charge in [-0.15, -0.1) is 0 Å².